The van der Waals surface area contributed by atoms with E-state index in [0.29, 0.717) is 6.54 Å². The summed E-state index contributed by atoms with van der Waals surface area (Å²) in [6.45, 7) is 2.21. The predicted molar refractivity (Wildman–Crippen MR) is 61.2 cm³/mol. The van der Waals surface area contributed by atoms with E-state index in [1.807, 2.05) is 6.92 Å². The first-order chi connectivity index (χ1) is 8.45. The number of aryl methyl sites for hydroxylation is 1. The molecule has 0 fully saturated rings. The highest BCUT2D eigenvalue weighted by molar-refractivity contribution is 7.11. The number of anilines is 1. The van der Waals surface area contributed by atoms with Crippen molar-refractivity contribution in [2.75, 3.05) is 5.32 Å². The van der Waals surface area contributed by atoms with Crippen LogP contribution < -0.4 is 5.32 Å². The fraction of sp³-hybridized carbons (Fsp3) is 0.300. The van der Waals surface area contributed by atoms with E-state index < -0.39 is 11.9 Å². The summed E-state index contributed by atoms with van der Waals surface area (Å²) >= 11 is 1.47. The van der Waals surface area contributed by atoms with Crippen molar-refractivity contribution in [3.8, 4) is 0 Å². The molecule has 0 aliphatic heterocycles. The second-order valence-corrected chi connectivity index (χ2v) is 4.78. The highest BCUT2D eigenvalue weighted by Crippen LogP contribution is 2.27. The van der Waals surface area contributed by atoms with Crippen molar-refractivity contribution in [3.05, 3.63) is 34.0 Å². The Bertz CT molecular complexity index is 538. The molecule has 0 spiro atoms. The molecule has 18 heavy (non-hydrogen) atoms. The minimum absolute atomic E-state index is 0.0455. The molecule has 2 aromatic heterocycles. The maximum Gasteiger partial charge on any atom is 0.433 e. The maximum absolute atomic E-state index is 12.4. The average molecular weight is 274 g/mol. The van der Waals surface area contributed by atoms with E-state index >= 15 is 0 Å². The van der Waals surface area contributed by atoms with Crippen LogP contribution in [0.1, 0.15) is 15.6 Å². The third kappa shape index (κ3) is 3.16. The van der Waals surface area contributed by atoms with Gasteiger partial charge in [-0.05, 0) is 13.0 Å². The third-order valence-corrected chi connectivity index (χ3v) is 2.95. The van der Waals surface area contributed by atoms with Gasteiger partial charge in [-0.1, -0.05) is 0 Å². The van der Waals surface area contributed by atoms with Gasteiger partial charge in [0.1, 0.15) is 5.69 Å². The van der Waals surface area contributed by atoms with Crippen LogP contribution in [0.25, 0.3) is 0 Å². The maximum atomic E-state index is 12.4. The van der Waals surface area contributed by atoms with E-state index in [0.717, 1.165) is 22.1 Å². The second-order valence-electron chi connectivity index (χ2n) is 3.46. The Kier molecular flexibility index (Phi) is 3.46. The molecule has 0 unspecified atom stereocenters. The van der Waals surface area contributed by atoms with Gasteiger partial charge >= 0.3 is 6.18 Å². The van der Waals surface area contributed by atoms with Crippen LogP contribution in [0, 0.1) is 6.92 Å². The molecule has 0 amide bonds. The van der Waals surface area contributed by atoms with Gasteiger partial charge < -0.3 is 5.32 Å². The Labute approximate surface area is 105 Å². The van der Waals surface area contributed by atoms with Gasteiger partial charge in [0.25, 0.3) is 0 Å². The van der Waals surface area contributed by atoms with Gasteiger partial charge in [-0.3, -0.25) is 0 Å². The second kappa shape index (κ2) is 4.89. The largest absolute Gasteiger partial charge is 0.433 e. The van der Waals surface area contributed by atoms with E-state index in [1.165, 1.54) is 11.3 Å². The summed E-state index contributed by atoms with van der Waals surface area (Å²) in [5, 5.41) is 3.63. The van der Waals surface area contributed by atoms with Crippen LogP contribution in [0.5, 0.6) is 0 Å². The molecule has 0 radical (unpaired) electrons. The van der Waals surface area contributed by atoms with Crippen molar-refractivity contribution < 1.29 is 13.2 Å². The SMILES string of the molecule is Cc1ncc(CNc2nccc(C(F)(F)F)n2)s1. The summed E-state index contributed by atoms with van der Waals surface area (Å²) in [5.74, 6) is -0.0455. The number of nitrogens with zero attached hydrogens (tertiary/aromatic N) is 3. The first-order valence-corrected chi connectivity index (χ1v) is 5.82. The van der Waals surface area contributed by atoms with E-state index in [1.54, 1.807) is 6.20 Å². The molecule has 2 rings (SSSR count). The van der Waals surface area contributed by atoms with Gasteiger partial charge in [0.05, 0.1) is 11.6 Å². The number of thiazole rings is 1. The minimum Gasteiger partial charge on any atom is -0.349 e. The van der Waals surface area contributed by atoms with Crippen molar-refractivity contribution in [2.45, 2.75) is 19.6 Å². The molecule has 0 aliphatic carbocycles. The molecular weight excluding hydrogens is 265 g/mol. The van der Waals surface area contributed by atoms with Gasteiger partial charge in [0, 0.05) is 17.3 Å². The van der Waals surface area contributed by atoms with Gasteiger partial charge in [-0.15, -0.1) is 11.3 Å². The van der Waals surface area contributed by atoms with Crippen molar-refractivity contribution in [3.63, 3.8) is 0 Å². The summed E-state index contributed by atoms with van der Waals surface area (Å²) in [6.07, 6.45) is -1.71. The van der Waals surface area contributed by atoms with Crippen molar-refractivity contribution in [1.82, 2.24) is 15.0 Å². The molecule has 0 aliphatic rings. The normalized spacial score (nSPS) is 11.6. The Morgan fingerprint density at radius 2 is 2.11 bits per heavy atom. The topological polar surface area (TPSA) is 50.7 Å². The van der Waals surface area contributed by atoms with Crippen molar-refractivity contribution in [2.24, 2.45) is 0 Å². The van der Waals surface area contributed by atoms with Crippen molar-refractivity contribution in [1.29, 1.82) is 0 Å². The number of alkyl halides is 3. The molecule has 1 N–H and O–H groups in total. The monoisotopic (exact) mass is 274 g/mol. The first-order valence-electron chi connectivity index (χ1n) is 5.00. The third-order valence-electron chi connectivity index (χ3n) is 2.04. The highest BCUT2D eigenvalue weighted by atomic mass is 32.1. The lowest BCUT2D eigenvalue weighted by atomic mass is 10.4. The fourth-order valence-electron chi connectivity index (χ4n) is 1.25. The van der Waals surface area contributed by atoms with Crippen LogP contribution in [0.15, 0.2) is 18.5 Å². The molecule has 0 aromatic carbocycles. The minimum atomic E-state index is -4.46. The standard InChI is InChI=1S/C10H9F3N4S/c1-6-15-4-7(18-6)5-16-9-14-3-2-8(17-9)10(11,12)13/h2-4H,5H2,1H3,(H,14,16,17). The molecule has 0 atom stereocenters. The lowest BCUT2D eigenvalue weighted by Crippen LogP contribution is -2.11. The van der Waals surface area contributed by atoms with Gasteiger partial charge in [0.2, 0.25) is 5.95 Å². The zero-order valence-electron chi connectivity index (χ0n) is 9.32. The Balaban J connectivity index is 2.06. The van der Waals surface area contributed by atoms with E-state index in [2.05, 4.69) is 20.3 Å². The number of nitrogens with one attached hydrogen (secondary N) is 1. The highest BCUT2D eigenvalue weighted by Gasteiger charge is 2.32. The lowest BCUT2D eigenvalue weighted by Gasteiger charge is -2.07. The van der Waals surface area contributed by atoms with Crippen LogP contribution in [0.3, 0.4) is 0 Å². The Morgan fingerprint density at radius 3 is 2.72 bits per heavy atom. The number of halogens is 3. The Morgan fingerprint density at radius 1 is 1.33 bits per heavy atom. The van der Waals surface area contributed by atoms with Crippen LogP contribution in [-0.4, -0.2) is 15.0 Å². The van der Waals surface area contributed by atoms with Crippen molar-refractivity contribution >= 4 is 17.3 Å². The molecule has 0 saturated carbocycles. The molecule has 96 valence electrons. The molecule has 0 bridgehead atoms. The first kappa shape index (κ1) is 12.7. The van der Waals surface area contributed by atoms with Crippen LogP contribution in [-0.2, 0) is 12.7 Å². The zero-order valence-corrected chi connectivity index (χ0v) is 10.1. The number of hydrogen-bond acceptors (Lipinski definition) is 5. The van der Waals surface area contributed by atoms with Gasteiger partial charge in [-0.25, -0.2) is 15.0 Å². The molecule has 0 saturated heterocycles. The summed E-state index contributed by atoms with van der Waals surface area (Å²) in [5.41, 5.74) is -0.958. The predicted octanol–water partition coefficient (Wildman–Crippen LogP) is 2.87. The summed E-state index contributed by atoms with van der Waals surface area (Å²) in [6, 6.07) is 0.835. The fourth-order valence-corrected chi connectivity index (χ4v) is 1.99. The lowest BCUT2D eigenvalue weighted by molar-refractivity contribution is -0.141. The van der Waals surface area contributed by atoms with Crippen LogP contribution >= 0.6 is 11.3 Å². The summed E-state index contributed by atoms with van der Waals surface area (Å²) in [7, 11) is 0. The smallest absolute Gasteiger partial charge is 0.349 e. The summed E-state index contributed by atoms with van der Waals surface area (Å²) in [4.78, 5) is 12.1. The number of hydrogen-bond donors (Lipinski definition) is 1. The van der Waals surface area contributed by atoms with E-state index in [9.17, 15) is 13.2 Å². The van der Waals surface area contributed by atoms with Crippen LogP contribution in [0.2, 0.25) is 0 Å². The summed E-state index contributed by atoms with van der Waals surface area (Å²) < 4.78 is 37.2. The molecule has 8 heteroatoms. The quantitative estimate of drug-likeness (QED) is 0.935. The van der Waals surface area contributed by atoms with E-state index in [4.69, 9.17) is 0 Å². The average Bonchev–Trinajstić information content (AvgIpc) is 2.72. The molecule has 4 nitrogen and oxygen atoms in total. The van der Waals surface area contributed by atoms with E-state index in [-0.39, 0.29) is 5.95 Å². The van der Waals surface area contributed by atoms with Gasteiger partial charge in [-0.2, -0.15) is 13.2 Å². The Hall–Kier alpha value is -1.70. The molecular formula is C10H9F3N4S. The number of rotatable bonds is 3. The molecule has 2 heterocycles. The van der Waals surface area contributed by atoms with Gasteiger partial charge in [0.15, 0.2) is 0 Å². The number of aromatic nitrogens is 3. The van der Waals surface area contributed by atoms with Crippen LogP contribution in [0.4, 0.5) is 19.1 Å². The molecule has 2 aromatic rings. The zero-order chi connectivity index (χ0) is 13.2.